The molecule has 2 heterocycles. The molecule has 1 atom stereocenters. The van der Waals surface area contributed by atoms with Crippen molar-refractivity contribution in [3.05, 3.63) is 65.0 Å². The second-order valence-electron chi connectivity index (χ2n) is 6.62. The third-order valence-corrected chi connectivity index (χ3v) is 4.73. The minimum Gasteiger partial charge on any atom is -0.318 e. The zero-order valence-corrected chi connectivity index (χ0v) is 14.5. The van der Waals surface area contributed by atoms with Gasteiger partial charge in [0.1, 0.15) is 17.2 Å². The van der Waals surface area contributed by atoms with Crippen molar-refractivity contribution in [1.29, 1.82) is 5.41 Å². The average Bonchev–Trinajstić information content (AvgIpc) is 2.89. The highest BCUT2D eigenvalue weighted by atomic mass is 16.2. The van der Waals surface area contributed by atoms with E-state index in [0.29, 0.717) is 5.71 Å². The van der Waals surface area contributed by atoms with Crippen molar-refractivity contribution in [2.75, 3.05) is 11.4 Å². The van der Waals surface area contributed by atoms with Gasteiger partial charge in [-0.2, -0.15) is 0 Å². The number of nitrogens with one attached hydrogen (secondary N) is 2. The van der Waals surface area contributed by atoms with Gasteiger partial charge in [-0.1, -0.05) is 35.9 Å². The largest absolute Gasteiger partial charge is 0.318 e. The van der Waals surface area contributed by atoms with Gasteiger partial charge in [-0.05, 0) is 31.6 Å². The Bertz CT molecular complexity index is 982. The average molecular weight is 346 g/mol. The fourth-order valence-corrected chi connectivity index (χ4v) is 3.46. The Morgan fingerprint density at radius 2 is 2.04 bits per heavy atom. The first-order valence-electron chi connectivity index (χ1n) is 8.41. The third-order valence-electron chi connectivity index (χ3n) is 4.73. The zero-order valence-electron chi connectivity index (χ0n) is 14.5. The summed E-state index contributed by atoms with van der Waals surface area (Å²) in [6, 6.07) is 5.89. The van der Waals surface area contributed by atoms with Gasteiger partial charge >= 0.3 is 0 Å². The van der Waals surface area contributed by atoms with E-state index in [1.54, 1.807) is 29.2 Å². The third kappa shape index (κ3) is 2.50. The molecule has 1 saturated heterocycles. The normalized spacial score (nSPS) is 24.7. The molecular formula is C20H18N4O2. The molecule has 1 aromatic carbocycles. The van der Waals surface area contributed by atoms with Gasteiger partial charge in [0.15, 0.2) is 5.78 Å². The Kier molecular flexibility index (Phi) is 3.68. The molecule has 2 N–H and O–H groups in total. The smallest absolute Gasteiger partial charge is 0.238 e. The lowest BCUT2D eigenvalue weighted by molar-refractivity contribution is -0.121. The predicted octanol–water partition coefficient (Wildman–Crippen LogP) is 2.19. The van der Waals surface area contributed by atoms with E-state index in [2.05, 4.69) is 10.3 Å². The molecule has 6 heteroatoms. The van der Waals surface area contributed by atoms with E-state index in [9.17, 15) is 9.59 Å². The summed E-state index contributed by atoms with van der Waals surface area (Å²) in [7, 11) is 0. The van der Waals surface area contributed by atoms with Crippen molar-refractivity contribution in [2.45, 2.75) is 13.8 Å². The van der Waals surface area contributed by atoms with Crippen LogP contribution in [-0.2, 0) is 9.59 Å². The van der Waals surface area contributed by atoms with Crippen molar-refractivity contribution >= 4 is 28.9 Å². The number of amides is 1. The zero-order chi connectivity index (χ0) is 18.4. The second-order valence-corrected chi connectivity index (χ2v) is 6.62. The number of amidine groups is 1. The summed E-state index contributed by atoms with van der Waals surface area (Å²) in [5.41, 5.74) is 3.68. The molecule has 1 aliphatic carbocycles. The van der Waals surface area contributed by atoms with E-state index in [0.717, 1.165) is 16.8 Å². The van der Waals surface area contributed by atoms with Crippen molar-refractivity contribution in [3.8, 4) is 0 Å². The van der Waals surface area contributed by atoms with Crippen LogP contribution in [0.2, 0.25) is 0 Å². The standard InChI is InChI=1S/C20H18N4O2/c1-11-7-8-15(12(2)9-11)24-10-16(25)17(18(24)21)19-22-14-6-4-3-5-13(14)20(26)23-19/h3-9,13,21H,10H2,1-2H3,(H,23,26)/b19-17-,21-18?. The molecule has 2 aliphatic heterocycles. The molecule has 3 aliphatic rings. The number of allylic oxidation sites excluding steroid dienone is 3. The first-order chi connectivity index (χ1) is 12.5. The van der Waals surface area contributed by atoms with Crippen molar-refractivity contribution < 1.29 is 9.59 Å². The summed E-state index contributed by atoms with van der Waals surface area (Å²) in [5, 5.41) is 11.2. The Morgan fingerprint density at radius 3 is 2.81 bits per heavy atom. The van der Waals surface area contributed by atoms with Gasteiger partial charge in [0, 0.05) is 5.69 Å². The monoisotopic (exact) mass is 346 g/mol. The molecule has 26 heavy (non-hydrogen) atoms. The molecule has 130 valence electrons. The van der Waals surface area contributed by atoms with Gasteiger partial charge < -0.3 is 10.2 Å². The summed E-state index contributed by atoms with van der Waals surface area (Å²) in [4.78, 5) is 31.1. The number of rotatable bonds is 1. The lowest BCUT2D eigenvalue weighted by Crippen LogP contribution is -2.39. The molecule has 1 amide bonds. The molecule has 0 aromatic heterocycles. The lowest BCUT2D eigenvalue weighted by Gasteiger charge is -2.23. The Labute approximate surface area is 151 Å². The summed E-state index contributed by atoms with van der Waals surface area (Å²) in [6.45, 7) is 4.03. The fourth-order valence-electron chi connectivity index (χ4n) is 3.46. The molecule has 1 aromatic rings. The number of anilines is 1. The van der Waals surface area contributed by atoms with Crippen LogP contribution in [0.5, 0.6) is 0 Å². The summed E-state index contributed by atoms with van der Waals surface area (Å²) in [6.07, 6.45) is 7.13. The highest BCUT2D eigenvalue weighted by Gasteiger charge is 2.37. The number of ketones is 1. The van der Waals surface area contributed by atoms with Crippen LogP contribution in [-0.4, -0.2) is 29.8 Å². The van der Waals surface area contributed by atoms with E-state index < -0.39 is 5.92 Å². The van der Waals surface area contributed by atoms with Crippen LogP contribution >= 0.6 is 0 Å². The number of aliphatic imine (C=N–C) groups is 1. The predicted molar refractivity (Wildman–Crippen MR) is 100 cm³/mol. The molecule has 0 bridgehead atoms. The molecular weight excluding hydrogens is 328 g/mol. The second kappa shape index (κ2) is 5.91. The van der Waals surface area contributed by atoms with E-state index in [-0.39, 0.29) is 35.5 Å². The maximum Gasteiger partial charge on any atom is 0.238 e. The molecule has 6 nitrogen and oxygen atoms in total. The number of benzene rings is 1. The van der Waals surface area contributed by atoms with E-state index >= 15 is 0 Å². The quantitative estimate of drug-likeness (QED) is 0.765. The first-order valence-corrected chi connectivity index (χ1v) is 8.41. The van der Waals surface area contributed by atoms with Gasteiger partial charge in [-0.3, -0.25) is 15.0 Å². The van der Waals surface area contributed by atoms with Gasteiger partial charge in [-0.15, -0.1) is 0 Å². The number of hydrogen-bond acceptors (Lipinski definition) is 4. The van der Waals surface area contributed by atoms with Crippen LogP contribution in [0.1, 0.15) is 11.1 Å². The van der Waals surface area contributed by atoms with E-state index in [4.69, 9.17) is 5.41 Å². The van der Waals surface area contributed by atoms with Crippen molar-refractivity contribution in [1.82, 2.24) is 5.32 Å². The lowest BCUT2D eigenvalue weighted by atomic mass is 9.95. The Hall–Kier alpha value is -3.28. The number of Topliss-reactive ketones (excluding diaryl/α,β-unsaturated/α-hetero) is 1. The molecule has 0 saturated carbocycles. The molecule has 4 rings (SSSR count). The fraction of sp³-hybridized carbons (Fsp3) is 0.200. The van der Waals surface area contributed by atoms with Crippen molar-refractivity contribution in [2.24, 2.45) is 10.9 Å². The molecule has 1 unspecified atom stereocenters. The number of carbonyl (C=O) groups excluding carboxylic acids is 2. The van der Waals surface area contributed by atoms with Gasteiger partial charge in [-0.25, -0.2) is 4.99 Å². The van der Waals surface area contributed by atoms with Crippen LogP contribution in [0.4, 0.5) is 5.69 Å². The van der Waals surface area contributed by atoms with Gasteiger partial charge in [0.05, 0.1) is 18.2 Å². The number of carbonyl (C=O) groups is 2. The highest BCUT2D eigenvalue weighted by Crippen LogP contribution is 2.29. The number of nitrogens with zero attached hydrogens (tertiary/aromatic N) is 2. The van der Waals surface area contributed by atoms with Crippen LogP contribution in [0.15, 0.2) is 58.9 Å². The number of fused-ring (bicyclic) bond motifs is 1. The number of aryl methyl sites for hydroxylation is 2. The minimum atomic E-state index is -0.439. The van der Waals surface area contributed by atoms with Gasteiger partial charge in [0.25, 0.3) is 0 Å². The van der Waals surface area contributed by atoms with Gasteiger partial charge in [0.2, 0.25) is 5.91 Å². The summed E-state index contributed by atoms with van der Waals surface area (Å²) >= 11 is 0. The van der Waals surface area contributed by atoms with E-state index in [1.807, 2.05) is 32.0 Å². The van der Waals surface area contributed by atoms with Crippen LogP contribution in [0.3, 0.4) is 0 Å². The number of hydrogen-bond donors (Lipinski definition) is 2. The Morgan fingerprint density at radius 1 is 1.23 bits per heavy atom. The van der Waals surface area contributed by atoms with Crippen LogP contribution in [0.25, 0.3) is 0 Å². The molecule has 1 fully saturated rings. The summed E-state index contributed by atoms with van der Waals surface area (Å²) < 4.78 is 0. The summed E-state index contributed by atoms with van der Waals surface area (Å²) in [5.74, 6) is -0.656. The topological polar surface area (TPSA) is 85.6 Å². The Balaban J connectivity index is 1.76. The minimum absolute atomic E-state index is 0.0652. The maximum atomic E-state index is 12.6. The van der Waals surface area contributed by atoms with Crippen LogP contribution in [0, 0.1) is 25.2 Å². The van der Waals surface area contributed by atoms with Crippen molar-refractivity contribution in [3.63, 3.8) is 0 Å². The maximum absolute atomic E-state index is 12.6. The SMILES string of the molecule is Cc1ccc(N2CC(=O)/C(=C3\N=C4C=CC=CC4C(=O)N3)C2=N)c(C)c1. The molecule has 0 radical (unpaired) electrons. The van der Waals surface area contributed by atoms with Crippen LogP contribution < -0.4 is 10.2 Å². The first kappa shape index (κ1) is 16.2. The van der Waals surface area contributed by atoms with E-state index in [1.165, 1.54) is 0 Å². The molecule has 0 spiro atoms. The highest BCUT2D eigenvalue weighted by molar-refractivity contribution is 6.34.